The van der Waals surface area contributed by atoms with Crippen molar-refractivity contribution in [2.24, 2.45) is 0 Å². The van der Waals surface area contributed by atoms with E-state index >= 15 is 0 Å². The highest BCUT2D eigenvalue weighted by atomic mass is 32.1. The van der Waals surface area contributed by atoms with Gasteiger partial charge in [0.25, 0.3) is 0 Å². The third kappa shape index (κ3) is 2.87. The number of nitrogens with zero attached hydrogens (tertiary/aromatic N) is 2. The lowest BCUT2D eigenvalue weighted by atomic mass is 10.3. The molecule has 2 heterocycles. The number of nitrogen functional groups attached to an aromatic ring is 1. The van der Waals surface area contributed by atoms with Crippen LogP contribution in [0.5, 0.6) is 0 Å². The van der Waals surface area contributed by atoms with Crippen LogP contribution in [0.3, 0.4) is 0 Å². The molecule has 1 atom stereocenters. The van der Waals surface area contributed by atoms with Crippen molar-refractivity contribution < 1.29 is 9.47 Å². The first-order chi connectivity index (χ1) is 8.74. The summed E-state index contributed by atoms with van der Waals surface area (Å²) in [5.41, 5.74) is 6.53. The van der Waals surface area contributed by atoms with E-state index in [0.29, 0.717) is 13.2 Å². The van der Waals surface area contributed by atoms with Gasteiger partial charge in [0.1, 0.15) is 5.82 Å². The zero-order valence-corrected chi connectivity index (χ0v) is 11.2. The van der Waals surface area contributed by atoms with Crippen LogP contribution < -0.4 is 11.1 Å². The van der Waals surface area contributed by atoms with Crippen LogP contribution in [-0.2, 0) is 9.47 Å². The molecular formula is C11H16N4O2S. The fourth-order valence-electron chi connectivity index (χ4n) is 1.61. The third-order valence-electron chi connectivity index (χ3n) is 2.50. The number of aromatic nitrogens is 2. The second-order valence-electron chi connectivity index (χ2n) is 3.76. The molecular weight excluding hydrogens is 252 g/mol. The summed E-state index contributed by atoms with van der Waals surface area (Å²) in [6.07, 6.45) is -0.0267. The van der Waals surface area contributed by atoms with Gasteiger partial charge in [-0.1, -0.05) is 0 Å². The number of fused-ring (bicyclic) bond motifs is 1. The minimum atomic E-state index is -0.0267. The monoisotopic (exact) mass is 268 g/mol. The van der Waals surface area contributed by atoms with E-state index in [-0.39, 0.29) is 12.1 Å². The Balaban J connectivity index is 2.13. The van der Waals surface area contributed by atoms with Gasteiger partial charge < -0.3 is 20.5 Å². The first-order valence-electron chi connectivity index (χ1n) is 5.51. The summed E-state index contributed by atoms with van der Waals surface area (Å²) in [4.78, 5) is 8.37. The number of anilines is 2. The summed E-state index contributed by atoms with van der Waals surface area (Å²) in [5.74, 6) is 1.01. The average Bonchev–Trinajstić information content (AvgIpc) is 2.82. The number of methoxy groups -OCH3 is 2. The van der Waals surface area contributed by atoms with Gasteiger partial charge in [0.05, 0.1) is 22.9 Å². The van der Waals surface area contributed by atoms with Gasteiger partial charge in [-0.2, -0.15) is 4.98 Å². The summed E-state index contributed by atoms with van der Waals surface area (Å²) in [6.45, 7) is 1.13. The van der Waals surface area contributed by atoms with E-state index in [1.165, 1.54) is 0 Å². The van der Waals surface area contributed by atoms with E-state index in [0.717, 1.165) is 16.0 Å². The normalized spacial score (nSPS) is 12.8. The van der Waals surface area contributed by atoms with E-state index in [1.54, 1.807) is 25.6 Å². The number of nitrogens with two attached hydrogens (primary N) is 1. The van der Waals surface area contributed by atoms with Crippen LogP contribution in [0, 0.1) is 0 Å². The van der Waals surface area contributed by atoms with Crippen molar-refractivity contribution in [3.05, 3.63) is 11.4 Å². The van der Waals surface area contributed by atoms with Crippen molar-refractivity contribution >= 4 is 33.3 Å². The van der Waals surface area contributed by atoms with E-state index in [1.807, 2.05) is 11.4 Å². The SMILES string of the molecule is COCC(CNc1nc(N)nc2ccsc12)OC. The van der Waals surface area contributed by atoms with Gasteiger partial charge in [0, 0.05) is 20.8 Å². The van der Waals surface area contributed by atoms with Crippen molar-refractivity contribution in [1.29, 1.82) is 0 Å². The van der Waals surface area contributed by atoms with Crippen LogP contribution >= 0.6 is 11.3 Å². The van der Waals surface area contributed by atoms with Crippen LogP contribution in [0.25, 0.3) is 10.2 Å². The Morgan fingerprint density at radius 3 is 3.00 bits per heavy atom. The van der Waals surface area contributed by atoms with Crippen molar-refractivity contribution in [2.45, 2.75) is 6.10 Å². The van der Waals surface area contributed by atoms with Crippen LogP contribution in [0.4, 0.5) is 11.8 Å². The largest absolute Gasteiger partial charge is 0.382 e. The molecule has 0 aliphatic rings. The summed E-state index contributed by atoms with van der Waals surface area (Å²) in [5, 5.41) is 5.19. The lowest BCUT2D eigenvalue weighted by Gasteiger charge is -2.15. The molecule has 0 aliphatic heterocycles. The molecule has 18 heavy (non-hydrogen) atoms. The Labute approximate surface area is 109 Å². The highest BCUT2D eigenvalue weighted by molar-refractivity contribution is 7.17. The van der Waals surface area contributed by atoms with Crippen LogP contribution in [0.2, 0.25) is 0 Å². The van der Waals surface area contributed by atoms with Crippen molar-refractivity contribution in [1.82, 2.24) is 9.97 Å². The second kappa shape index (κ2) is 5.94. The van der Waals surface area contributed by atoms with Crippen molar-refractivity contribution in [3.8, 4) is 0 Å². The summed E-state index contributed by atoms with van der Waals surface area (Å²) < 4.78 is 11.3. The zero-order chi connectivity index (χ0) is 13.0. The second-order valence-corrected chi connectivity index (χ2v) is 4.68. The van der Waals surface area contributed by atoms with E-state index in [4.69, 9.17) is 15.2 Å². The van der Waals surface area contributed by atoms with Crippen molar-refractivity contribution in [2.75, 3.05) is 38.4 Å². The Morgan fingerprint density at radius 1 is 1.44 bits per heavy atom. The number of thiophene rings is 1. The first kappa shape index (κ1) is 13.0. The molecule has 0 aromatic carbocycles. The maximum absolute atomic E-state index is 5.67. The molecule has 0 aliphatic carbocycles. The number of nitrogens with one attached hydrogen (secondary N) is 1. The minimum absolute atomic E-state index is 0.0267. The molecule has 2 aromatic heterocycles. The van der Waals surface area contributed by atoms with E-state index < -0.39 is 0 Å². The Hall–Kier alpha value is -1.44. The number of ether oxygens (including phenoxy) is 2. The highest BCUT2D eigenvalue weighted by Gasteiger charge is 2.11. The molecule has 0 spiro atoms. The molecule has 0 bridgehead atoms. The standard InChI is InChI=1S/C11H16N4O2S/c1-16-6-7(17-2)5-13-10-9-8(3-4-18-9)14-11(12)15-10/h3-4,7H,5-6H2,1-2H3,(H3,12,13,14,15). The number of hydrogen-bond donors (Lipinski definition) is 2. The van der Waals surface area contributed by atoms with Gasteiger partial charge in [-0.3, -0.25) is 0 Å². The maximum atomic E-state index is 5.67. The lowest BCUT2D eigenvalue weighted by molar-refractivity contribution is 0.0365. The fourth-order valence-corrected chi connectivity index (χ4v) is 2.40. The Morgan fingerprint density at radius 2 is 2.28 bits per heavy atom. The van der Waals surface area contributed by atoms with Crippen LogP contribution in [0.15, 0.2) is 11.4 Å². The molecule has 0 fully saturated rings. The lowest BCUT2D eigenvalue weighted by Crippen LogP contribution is -2.27. The Kier molecular flexibility index (Phi) is 4.29. The first-order valence-corrected chi connectivity index (χ1v) is 6.39. The predicted octanol–water partition coefficient (Wildman–Crippen LogP) is 1.35. The zero-order valence-electron chi connectivity index (χ0n) is 10.3. The molecule has 0 saturated carbocycles. The molecule has 6 nitrogen and oxygen atoms in total. The van der Waals surface area contributed by atoms with Gasteiger partial charge in [0.15, 0.2) is 0 Å². The highest BCUT2D eigenvalue weighted by Crippen LogP contribution is 2.26. The number of rotatable bonds is 6. The Bertz CT molecular complexity index is 517. The fraction of sp³-hybridized carbons (Fsp3) is 0.455. The van der Waals surface area contributed by atoms with E-state index in [9.17, 15) is 0 Å². The van der Waals surface area contributed by atoms with Crippen molar-refractivity contribution in [3.63, 3.8) is 0 Å². The van der Waals surface area contributed by atoms with Gasteiger partial charge >= 0.3 is 0 Å². The smallest absolute Gasteiger partial charge is 0.222 e. The summed E-state index contributed by atoms with van der Waals surface area (Å²) in [6, 6.07) is 1.92. The van der Waals surface area contributed by atoms with E-state index in [2.05, 4.69) is 15.3 Å². The molecule has 0 saturated heterocycles. The summed E-state index contributed by atoms with van der Waals surface area (Å²) >= 11 is 1.58. The van der Waals surface area contributed by atoms with Gasteiger partial charge in [-0.05, 0) is 11.4 Å². The predicted molar refractivity (Wildman–Crippen MR) is 73.0 cm³/mol. The van der Waals surface area contributed by atoms with Gasteiger partial charge in [-0.25, -0.2) is 4.98 Å². The van der Waals surface area contributed by atoms with Gasteiger partial charge in [-0.15, -0.1) is 11.3 Å². The van der Waals surface area contributed by atoms with Gasteiger partial charge in [0.2, 0.25) is 5.95 Å². The van der Waals surface area contributed by atoms with Crippen LogP contribution in [0.1, 0.15) is 0 Å². The molecule has 2 aromatic rings. The quantitative estimate of drug-likeness (QED) is 0.823. The third-order valence-corrected chi connectivity index (χ3v) is 3.41. The minimum Gasteiger partial charge on any atom is -0.382 e. The molecule has 0 amide bonds. The average molecular weight is 268 g/mol. The number of hydrogen-bond acceptors (Lipinski definition) is 7. The molecule has 3 N–H and O–H groups in total. The van der Waals surface area contributed by atoms with Crippen LogP contribution in [-0.4, -0.2) is 43.4 Å². The molecule has 1 unspecified atom stereocenters. The molecule has 7 heteroatoms. The molecule has 0 radical (unpaired) electrons. The molecule has 98 valence electrons. The molecule has 2 rings (SSSR count). The maximum Gasteiger partial charge on any atom is 0.222 e. The summed E-state index contributed by atoms with van der Waals surface area (Å²) in [7, 11) is 3.30. The topological polar surface area (TPSA) is 82.3 Å².